The number of amides is 1. The third-order valence-corrected chi connectivity index (χ3v) is 4.05. The van der Waals surface area contributed by atoms with Crippen molar-refractivity contribution in [2.75, 3.05) is 5.32 Å². The zero-order valence-corrected chi connectivity index (χ0v) is 12.3. The largest absolute Gasteiger partial charge is 0.361 e. The highest BCUT2D eigenvalue weighted by atomic mass is 16.2. The Morgan fingerprint density at radius 1 is 1.24 bits per heavy atom. The maximum atomic E-state index is 12.9. The van der Waals surface area contributed by atoms with E-state index in [0.717, 1.165) is 23.2 Å². The van der Waals surface area contributed by atoms with Crippen LogP contribution in [0.25, 0.3) is 0 Å². The molecule has 4 heteroatoms. The van der Waals surface area contributed by atoms with E-state index >= 15 is 0 Å². The van der Waals surface area contributed by atoms with E-state index in [2.05, 4.69) is 24.1 Å². The zero-order chi connectivity index (χ0) is 14.8. The first-order valence-electron chi connectivity index (χ1n) is 7.30. The number of carbonyl (C=O) groups excluding carboxylic acids is 1. The summed E-state index contributed by atoms with van der Waals surface area (Å²) in [5.41, 5.74) is 2.68. The van der Waals surface area contributed by atoms with E-state index in [1.54, 1.807) is 12.4 Å². The molecule has 2 heterocycles. The Bertz CT molecular complexity index is 641. The van der Waals surface area contributed by atoms with Crippen LogP contribution in [-0.4, -0.2) is 21.8 Å². The van der Waals surface area contributed by atoms with Crippen LogP contribution in [0.15, 0.2) is 48.8 Å². The number of benzene rings is 1. The minimum atomic E-state index is -0.148. The van der Waals surface area contributed by atoms with Gasteiger partial charge in [-0.25, -0.2) is 0 Å². The third kappa shape index (κ3) is 2.37. The molecule has 0 spiro atoms. The number of carbonyl (C=O) groups is 1. The molecule has 0 saturated heterocycles. The van der Waals surface area contributed by atoms with Gasteiger partial charge in [0, 0.05) is 24.1 Å². The summed E-state index contributed by atoms with van der Waals surface area (Å²) in [6.07, 6.45) is 4.29. The number of anilines is 1. The molecule has 1 aliphatic rings. The first-order chi connectivity index (χ1) is 10.2. The van der Waals surface area contributed by atoms with Gasteiger partial charge in [0.2, 0.25) is 0 Å². The van der Waals surface area contributed by atoms with Crippen LogP contribution in [0, 0.1) is 0 Å². The van der Waals surface area contributed by atoms with Crippen molar-refractivity contribution < 1.29 is 4.79 Å². The van der Waals surface area contributed by atoms with E-state index in [1.807, 2.05) is 41.3 Å². The molecule has 2 atom stereocenters. The lowest BCUT2D eigenvalue weighted by Gasteiger charge is -2.41. The molecule has 1 aliphatic heterocycles. The summed E-state index contributed by atoms with van der Waals surface area (Å²) < 4.78 is 0. The highest BCUT2D eigenvalue weighted by Crippen LogP contribution is 2.34. The van der Waals surface area contributed by atoms with Crippen LogP contribution < -0.4 is 5.32 Å². The molecule has 1 N–H and O–H groups in total. The van der Waals surface area contributed by atoms with E-state index in [1.165, 1.54) is 0 Å². The Morgan fingerprint density at radius 2 is 1.95 bits per heavy atom. The quantitative estimate of drug-likeness (QED) is 0.937. The molecule has 1 aromatic carbocycles. The van der Waals surface area contributed by atoms with Crippen LogP contribution in [0.2, 0.25) is 0 Å². The fraction of sp³-hybridized carbons (Fsp3) is 0.294. The number of hydrogen-bond acceptors (Lipinski definition) is 3. The number of hydrogen-bond donors (Lipinski definition) is 1. The first kappa shape index (κ1) is 13.6. The van der Waals surface area contributed by atoms with Crippen molar-refractivity contribution >= 4 is 11.6 Å². The smallest absolute Gasteiger partial charge is 0.258 e. The van der Waals surface area contributed by atoms with E-state index in [4.69, 9.17) is 0 Å². The van der Waals surface area contributed by atoms with Crippen LogP contribution in [-0.2, 0) is 0 Å². The third-order valence-electron chi connectivity index (χ3n) is 4.05. The van der Waals surface area contributed by atoms with Crippen molar-refractivity contribution in [3.63, 3.8) is 0 Å². The predicted octanol–water partition coefficient (Wildman–Crippen LogP) is 3.45. The molecule has 0 aliphatic carbocycles. The van der Waals surface area contributed by atoms with Gasteiger partial charge in [0.1, 0.15) is 6.17 Å². The topological polar surface area (TPSA) is 45.2 Å². The molecular weight excluding hydrogens is 262 g/mol. The molecule has 0 unspecified atom stereocenters. The van der Waals surface area contributed by atoms with Crippen LogP contribution in [0.1, 0.15) is 42.4 Å². The second kappa shape index (κ2) is 5.56. The average Bonchev–Trinajstić information content (AvgIpc) is 2.55. The second-order valence-corrected chi connectivity index (χ2v) is 5.34. The highest BCUT2D eigenvalue weighted by molar-refractivity contribution is 6.01. The molecule has 1 amide bonds. The maximum Gasteiger partial charge on any atom is 0.258 e. The first-order valence-corrected chi connectivity index (χ1v) is 7.30. The normalized spacial score (nSPS) is 18.9. The number of para-hydroxylation sites is 1. The summed E-state index contributed by atoms with van der Waals surface area (Å²) in [4.78, 5) is 18.9. The van der Waals surface area contributed by atoms with E-state index in [-0.39, 0.29) is 18.1 Å². The number of nitrogens with one attached hydrogen (secondary N) is 1. The van der Waals surface area contributed by atoms with Crippen molar-refractivity contribution in [2.24, 2.45) is 0 Å². The monoisotopic (exact) mass is 281 g/mol. The van der Waals surface area contributed by atoms with E-state index < -0.39 is 0 Å². The summed E-state index contributed by atoms with van der Waals surface area (Å²) in [7, 11) is 0. The van der Waals surface area contributed by atoms with Crippen LogP contribution in [0.3, 0.4) is 0 Å². The molecular formula is C17H19N3O. The molecule has 3 rings (SSSR count). The van der Waals surface area contributed by atoms with E-state index in [9.17, 15) is 4.79 Å². The summed E-state index contributed by atoms with van der Waals surface area (Å²) in [6, 6.07) is 11.7. The van der Waals surface area contributed by atoms with Gasteiger partial charge in [0.15, 0.2) is 0 Å². The Labute approximate surface area is 124 Å². The summed E-state index contributed by atoms with van der Waals surface area (Å²) in [5, 5.41) is 3.49. The minimum Gasteiger partial charge on any atom is -0.361 e. The molecule has 4 nitrogen and oxygen atoms in total. The standard InChI is InChI=1S/C17H19N3O/c1-3-12(2)20-16(13-8-10-18-11-9-13)19-15-7-5-4-6-14(15)17(20)21/h4-12,16,19H,3H2,1-2H3/t12-,16-/m1/s1. The molecule has 0 fully saturated rings. The van der Waals surface area contributed by atoms with Gasteiger partial charge in [-0.05, 0) is 43.2 Å². The van der Waals surface area contributed by atoms with Crippen LogP contribution in [0.4, 0.5) is 5.69 Å². The van der Waals surface area contributed by atoms with Gasteiger partial charge in [-0.1, -0.05) is 19.1 Å². The molecule has 2 aromatic rings. The molecule has 1 aromatic heterocycles. The van der Waals surface area contributed by atoms with Gasteiger partial charge in [-0.15, -0.1) is 0 Å². The fourth-order valence-electron chi connectivity index (χ4n) is 2.71. The zero-order valence-electron chi connectivity index (χ0n) is 12.3. The number of pyridine rings is 1. The Hall–Kier alpha value is -2.36. The van der Waals surface area contributed by atoms with Crippen molar-refractivity contribution in [2.45, 2.75) is 32.5 Å². The fourth-order valence-corrected chi connectivity index (χ4v) is 2.71. The molecule has 0 saturated carbocycles. The van der Waals surface area contributed by atoms with Crippen LogP contribution >= 0.6 is 0 Å². The molecule has 0 radical (unpaired) electrons. The van der Waals surface area contributed by atoms with Gasteiger partial charge in [-0.3, -0.25) is 9.78 Å². The Morgan fingerprint density at radius 3 is 2.67 bits per heavy atom. The minimum absolute atomic E-state index is 0.0838. The average molecular weight is 281 g/mol. The number of fused-ring (bicyclic) bond motifs is 1. The summed E-state index contributed by atoms with van der Waals surface area (Å²) in [5.74, 6) is 0.0838. The van der Waals surface area contributed by atoms with E-state index in [0.29, 0.717) is 0 Å². The van der Waals surface area contributed by atoms with Gasteiger partial charge in [0.05, 0.1) is 5.56 Å². The second-order valence-electron chi connectivity index (χ2n) is 5.34. The Kier molecular flexibility index (Phi) is 3.60. The van der Waals surface area contributed by atoms with Crippen molar-refractivity contribution in [1.29, 1.82) is 0 Å². The molecule has 0 bridgehead atoms. The van der Waals surface area contributed by atoms with Gasteiger partial charge < -0.3 is 10.2 Å². The Balaban J connectivity index is 2.07. The highest BCUT2D eigenvalue weighted by Gasteiger charge is 2.35. The lowest BCUT2D eigenvalue weighted by molar-refractivity contribution is 0.0593. The van der Waals surface area contributed by atoms with Gasteiger partial charge in [-0.2, -0.15) is 0 Å². The molecule has 21 heavy (non-hydrogen) atoms. The maximum absolute atomic E-state index is 12.9. The van der Waals surface area contributed by atoms with Crippen molar-refractivity contribution in [3.05, 3.63) is 59.9 Å². The van der Waals surface area contributed by atoms with Crippen molar-refractivity contribution in [3.8, 4) is 0 Å². The number of nitrogens with zero attached hydrogens (tertiary/aromatic N) is 2. The lowest BCUT2D eigenvalue weighted by Crippen LogP contribution is -2.47. The van der Waals surface area contributed by atoms with Gasteiger partial charge in [0.25, 0.3) is 5.91 Å². The SMILES string of the molecule is CC[C@@H](C)N1C(=O)c2ccccc2N[C@H]1c1ccncc1. The van der Waals surface area contributed by atoms with Crippen molar-refractivity contribution in [1.82, 2.24) is 9.88 Å². The van der Waals surface area contributed by atoms with Gasteiger partial charge >= 0.3 is 0 Å². The predicted molar refractivity (Wildman–Crippen MR) is 83.0 cm³/mol. The number of aromatic nitrogens is 1. The summed E-state index contributed by atoms with van der Waals surface area (Å²) in [6.45, 7) is 4.18. The number of rotatable bonds is 3. The van der Waals surface area contributed by atoms with Crippen LogP contribution in [0.5, 0.6) is 0 Å². The summed E-state index contributed by atoms with van der Waals surface area (Å²) >= 11 is 0. The lowest BCUT2D eigenvalue weighted by atomic mass is 10.0. The molecule has 108 valence electrons.